The predicted octanol–water partition coefficient (Wildman–Crippen LogP) is 11.1. The molecular weight excluding hydrogens is 1350 g/mol. The number of nitrogens with zero attached hydrogens (tertiary/aromatic N) is 17. The zero-order valence-electron chi connectivity index (χ0n) is 48.3. The summed E-state index contributed by atoms with van der Waals surface area (Å²) in [5, 5.41) is 6.60. The van der Waals surface area contributed by atoms with Gasteiger partial charge >= 0.3 is 18.3 Å². The number of fused-ring (bicyclic) bond motifs is 3. The molecule has 7 aromatic rings. The molecule has 0 aromatic carbocycles. The minimum atomic E-state index is -0.437. The summed E-state index contributed by atoms with van der Waals surface area (Å²) in [6.45, 7) is 18.2. The molecule has 86 heavy (non-hydrogen) atoms. The third-order valence-electron chi connectivity index (χ3n) is 13.7. The highest BCUT2D eigenvalue weighted by Gasteiger charge is 2.38. The van der Waals surface area contributed by atoms with Crippen molar-refractivity contribution in [2.45, 2.75) is 118 Å². The fourth-order valence-corrected chi connectivity index (χ4v) is 10.5. The van der Waals surface area contributed by atoms with Gasteiger partial charge in [0.05, 0.1) is 53.0 Å². The molecule has 4 aliphatic heterocycles. The molecule has 454 valence electrons. The molecule has 1 aliphatic carbocycles. The van der Waals surface area contributed by atoms with Gasteiger partial charge in [0, 0.05) is 50.2 Å². The number of rotatable bonds is 13. The molecular formula is C55H63Br3Cl2N20O6. The number of allylic oxidation sites excluding steroid dienone is 5. The van der Waals surface area contributed by atoms with Crippen LogP contribution in [0.4, 0.5) is 44.1 Å². The monoisotopic (exact) mass is 1410 g/mol. The maximum Gasteiger partial charge on any atom is 0.417 e. The van der Waals surface area contributed by atoms with Gasteiger partial charge in [0.1, 0.15) is 48.6 Å². The molecule has 0 bridgehead atoms. The summed E-state index contributed by atoms with van der Waals surface area (Å²) in [4.78, 5) is 92.0. The lowest BCUT2D eigenvalue weighted by Crippen LogP contribution is -2.34. The number of carbonyl (C=O) groups excluding carboxylic acids is 3. The number of aromatic nitrogens is 13. The normalized spacial score (nSPS) is 19.5. The molecule has 11 heterocycles. The smallest absolute Gasteiger partial charge is 0.417 e. The molecule has 12 rings (SSSR count). The van der Waals surface area contributed by atoms with Gasteiger partial charge in [0.15, 0.2) is 0 Å². The van der Waals surface area contributed by atoms with E-state index in [0.717, 1.165) is 66.8 Å². The number of anilines is 5. The van der Waals surface area contributed by atoms with Crippen LogP contribution in [0.1, 0.15) is 102 Å². The van der Waals surface area contributed by atoms with Gasteiger partial charge in [-0.3, -0.25) is 4.99 Å². The van der Waals surface area contributed by atoms with E-state index in [1.54, 1.807) is 20.8 Å². The third-order valence-corrected chi connectivity index (χ3v) is 15.4. The average Bonchev–Trinajstić information content (AvgIpc) is 3.19. The maximum absolute atomic E-state index is 12.1. The number of ether oxygens (including phenoxy) is 3. The first kappa shape index (κ1) is 64.7. The van der Waals surface area contributed by atoms with E-state index in [1.165, 1.54) is 14.7 Å². The zero-order chi connectivity index (χ0) is 60.8. The Hall–Kier alpha value is -7.31. The number of carbonyl (C=O) groups is 3. The Morgan fingerprint density at radius 2 is 1.00 bits per heavy atom. The van der Waals surface area contributed by atoms with Crippen molar-refractivity contribution < 1.29 is 28.6 Å². The van der Waals surface area contributed by atoms with Crippen molar-refractivity contribution in [3.63, 3.8) is 0 Å². The summed E-state index contributed by atoms with van der Waals surface area (Å²) in [7, 11) is 0. The van der Waals surface area contributed by atoms with E-state index < -0.39 is 18.3 Å². The highest BCUT2D eigenvalue weighted by molar-refractivity contribution is 9.12. The molecule has 0 saturated carbocycles. The second-order valence-electron chi connectivity index (χ2n) is 20.1. The minimum Gasteiger partial charge on any atom is -0.447 e. The molecule has 26 nitrogen and oxygen atoms in total. The summed E-state index contributed by atoms with van der Waals surface area (Å²) in [5.41, 5.74) is 11.2. The Bertz CT molecular complexity index is 3590. The van der Waals surface area contributed by atoms with Gasteiger partial charge in [-0.25, -0.2) is 44.0 Å². The van der Waals surface area contributed by atoms with Crippen LogP contribution >= 0.6 is 71.8 Å². The number of hydrogen-bond donors (Lipinski definition) is 3. The Kier molecular flexibility index (Phi) is 21.4. The van der Waals surface area contributed by atoms with Crippen LogP contribution in [0, 0.1) is 26.7 Å². The van der Waals surface area contributed by atoms with E-state index in [2.05, 4.69) is 130 Å². The van der Waals surface area contributed by atoms with Crippen LogP contribution in [0.15, 0.2) is 97.5 Å². The largest absolute Gasteiger partial charge is 0.447 e. The first-order chi connectivity index (χ1) is 40.7. The van der Waals surface area contributed by atoms with Gasteiger partial charge in [-0.15, -0.1) is 12.4 Å². The minimum absolute atomic E-state index is 0. The number of nitrogens with two attached hydrogens (primary N) is 1. The second-order valence-corrected chi connectivity index (χ2v) is 23.2. The van der Waals surface area contributed by atoms with Gasteiger partial charge in [0.25, 0.3) is 0 Å². The number of halogens is 5. The molecule has 3 amide bonds. The van der Waals surface area contributed by atoms with Gasteiger partial charge < -0.3 is 39.4 Å². The highest BCUT2D eigenvalue weighted by Crippen LogP contribution is 2.30. The average molecular weight is 1410 g/mol. The van der Waals surface area contributed by atoms with Crippen molar-refractivity contribution in [1.29, 1.82) is 0 Å². The van der Waals surface area contributed by atoms with Gasteiger partial charge in [-0.2, -0.15) is 39.9 Å². The lowest BCUT2D eigenvalue weighted by atomic mass is 9.99. The number of nitrogens with one attached hydrogen (secondary N) is 2. The lowest BCUT2D eigenvalue weighted by Gasteiger charge is -2.19. The number of hydrogen-bond acceptors (Lipinski definition) is 21. The molecule has 3 fully saturated rings. The zero-order valence-corrected chi connectivity index (χ0v) is 54.6. The number of aliphatic imine (C=N–C) groups is 1. The Morgan fingerprint density at radius 1 is 0.581 bits per heavy atom. The molecule has 0 spiro atoms. The van der Waals surface area contributed by atoms with Crippen LogP contribution in [0.5, 0.6) is 0 Å². The Labute approximate surface area is 531 Å². The fraction of sp³-hybridized carbons (Fsp3) is 0.400. The van der Waals surface area contributed by atoms with Gasteiger partial charge in [-0.05, 0) is 147 Å². The van der Waals surface area contributed by atoms with E-state index in [0.29, 0.717) is 67.0 Å². The van der Waals surface area contributed by atoms with Crippen LogP contribution in [-0.2, 0) is 14.2 Å². The van der Waals surface area contributed by atoms with E-state index in [1.807, 2.05) is 112 Å². The SMILES string of the molecule is CC(N)C1=CC2C=C(Br)C=CC2=N1.CC[C@H]1COC(=O)N1c1nc(C)nc(Cl)n1.CC[C@H]1COC(=O)N1c1nc(C)nc(N[C@@H](C)c2cn3cc(Br)ccc3n2)n1.CC[C@H]1COC(=O)N1c1nc(C)nc(N[C@H](C)c2cn3cc(Br)ccc3n2)n1.Cl. The molecule has 7 aromatic heterocycles. The van der Waals surface area contributed by atoms with Crippen LogP contribution < -0.4 is 31.1 Å². The first-order valence-corrected chi connectivity index (χ1v) is 30.1. The van der Waals surface area contributed by atoms with Gasteiger partial charge in [0.2, 0.25) is 35.0 Å². The fourth-order valence-electron chi connectivity index (χ4n) is 9.22. The predicted molar refractivity (Wildman–Crippen MR) is 338 cm³/mol. The number of imidazole rings is 2. The molecule has 4 N–H and O–H groups in total. The second kappa shape index (κ2) is 28.5. The van der Waals surface area contributed by atoms with Crippen molar-refractivity contribution in [1.82, 2.24) is 63.6 Å². The summed E-state index contributed by atoms with van der Waals surface area (Å²) in [5.74, 6) is 3.48. The summed E-state index contributed by atoms with van der Waals surface area (Å²) in [6.07, 6.45) is 17.1. The quantitative estimate of drug-likeness (QED) is 0.0904. The number of cyclic esters (lactones) is 3. The summed E-state index contributed by atoms with van der Waals surface area (Å²) < 4.78 is 22.2. The van der Waals surface area contributed by atoms with E-state index in [4.69, 9.17) is 31.5 Å². The molecule has 3 saturated heterocycles. The van der Waals surface area contributed by atoms with Crippen molar-refractivity contribution >= 4 is 137 Å². The van der Waals surface area contributed by atoms with Gasteiger partial charge in [-0.1, -0.05) is 42.8 Å². The summed E-state index contributed by atoms with van der Waals surface area (Å²) >= 11 is 16.1. The first-order valence-electron chi connectivity index (χ1n) is 27.3. The van der Waals surface area contributed by atoms with Crippen LogP contribution in [-0.4, -0.2) is 132 Å². The number of pyridine rings is 2. The molecule has 0 radical (unpaired) electrons. The lowest BCUT2D eigenvalue weighted by molar-refractivity contribution is 0.177. The highest BCUT2D eigenvalue weighted by atomic mass is 79.9. The third kappa shape index (κ3) is 15.4. The van der Waals surface area contributed by atoms with E-state index in [-0.39, 0.29) is 59.9 Å². The molecule has 31 heteroatoms. The number of aryl methyl sites for hydroxylation is 3. The van der Waals surface area contributed by atoms with Crippen molar-refractivity contribution in [3.8, 4) is 0 Å². The van der Waals surface area contributed by atoms with Crippen molar-refractivity contribution in [3.05, 3.63) is 127 Å². The Balaban J connectivity index is 0.000000155. The maximum atomic E-state index is 12.1. The van der Waals surface area contributed by atoms with Crippen LogP contribution in [0.3, 0.4) is 0 Å². The van der Waals surface area contributed by atoms with Crippen molar-refractivity contribution in [2.24, 2.45) is 16.6 Å². The standard InChI is InChI=1S/2C18H20BrN7O2.C10H11BrN2.C9H11ClN4O2.ClH/c2*1-4-13-9-28-18(27)26(13)17-22-11(3)21-16(24-17)20-10(2)14-8-25-7-12(19)5-6-15(25)23-14;1-6(12)10-5-7-4-8(11)2-3-9(7)13-10;1-3-6-4-16-9(15)14(6)8-12-5(2)11-7(10)13-8;/h2*5-8,10,13H,4,9H2,1-3H3,(H,20,21,22,24);2-7H,12H2,1H3;6H,3-4H2,1-2H3;1H/t10-,13+;10-,13-;;6-;/m10.0./s1. The van der Waals surface area contributed by atoms with Crippen LogP contribution in [0.25, 0.3) is 11.3 Å². The summed E-state index contributed by atoms with van der Waals surface area (Å²) in [6, 6.07) is 7.35. The van der Waals surface area contributed by atoms with E-state index >= 15 is 0 Å². The molecule has 7 atom stereocenters. The van der Waals surface area contributed by atoms with Crippen molar-refractivity contribution in [2.75, 3.05) is 45.2 Å². The molecule has 2 unspecified atom stereocenters. The van der Waals surface area contributed by atoms with Crippen LogP contribution in [0.2, 0.25) is 5.28 Å². The van der Waals surface area contributed by atoms with E-state index in [9.17, 15) is 14.4 Å². The molecule has 5 aliphatic rings. The topological polar surface area (TPSA) is 302 Å². The number of amides is 3. The Morgan fingerprint density at radius 3 is 1.41 bits per heavy atom.